The van der Waals surface area contributed by atoms with E-state index >= 15 is 0 Å². The second-order valence-corrected chi connectivity index (χ2v) is 8.81. The van der Waals surface area contributed by atoms with Crippen LogP contribution in [0.5, 0.6) is 0 Å². The van der Waals surface area contributed by atoms with Gasteiger partial charge in [-0.05, 0) is 48.2 Å². The number of aryl methyl sites for hydroxylation is 1. The van der Waals surface area contributed by atoms with E-state index in [1.54, 1.807) is 0 Å². The number of rotatable bonds is 10. The lowest BCUT2D eigenvalue weighted by Gasteiger charge is -2.11. The molecule has 12 heteroatoms. The van der Waals surface area contributed by atoms with E-state index in [2.05, 4.69) is 10.3 Å². The number of hydrogen-bond donors (Lipinski definition) is 2. The highest BCUT2D eigenvalue weighted by molar-refractivity contribution is 7.92. The minimum absolute atomic E-state index is 0.0504. The lowest BCUT2D eigenvalue weighted by molar-refractivity contribution is -0.141. The highest BCUT2D eigenvalue weighted by Gasteiger charge is 2.32. The molecule has 0 fully saturated rings. The number of amides is 1. The number of hydrogen-bond acceptors (Lipinski definition) is 5. The highest BCUT2D eigenvalue weighted by atomic mass is 32.2. The van der Waals surface area contributed by atoms with E-state index < -0.39 is 33.6 Å². The van der Waals surface area contributed by atoms with Gasteiger partial charge in [-0.2, -0.15) is 13.2 Å². The maximum atomic E-state index is 14.0. The number of aromatic nitrogens is 1. The smallest absolute Gasteiger partial charge is 0.385 e. The standard InChI is InChI=1S/C21H23F4N3O4S/c1-32-11-3-4-17-15(6-9-19(27-17)21(23,24)25)7-10-20(29)26-13-14-5-8-18(16(22)12-14)28-33(2,30)31/h5-10,12,28H,3-4,11,13H2,1-2H3,(H,26,29). The zero-order valence-corrected chi connectivity index (χ0v) is 18.7. The van der Waals surface area contributed by atoms with E-state index in [0.717, 1.165) is 24.5 Å². The van der Waals surface area contributed by atoms with E-state index in [1.165, 1.54) is 31.4 Å². The molecule has 1 aromatic carbocycles. The van der Waals surface area contributed by atoms with E-state index in [0.29, 0.717) is 24.2 Å². The fourth-order valence-corrected chi connectivity index (χ4v) is 3.34. The first-order valence-corrected chi connectivity index (χ1v) is 11.6. The van der Waals surface area contributed by atoms with Crippen molar-refractivity contribution in [1.29, 1.82) is 0 Å². The fourth-order valence-electron chi connectivity index (χ4n) is 2.77. The van der Waals surface area contributed by atoms with Crippen LogP contribution in [0, 0.1) is 5.82 Å². The van der Waals surface area contributed by atoms with E-state index in [9.17, 15) is 30.8 Å². The van der Waals surface area contributed by atoms with Crippen LogP contribution in [0.4, 0.5) is 23.2 Å². The Labute approximate surface area is 188 Å². The van der Waals surface area contributed by atoms with Gasteiger partial charge in [0, 0.05) is 32.0 Å². The van der Waals surface area contributed by atoms with Crippen molar-refractivity contribution in [2.24, 2.45) is 0 Å². The molecule has 0 aliphatic rings. The summed E-state index contributed by atoms with van der Waals surface area (Å²) in [6, 6.07) is 5.82. The van der Waals surface area contributed by atoms with Crippen LogP contribution in [-0.4, -0.2) is 39.3 Å². The number of halogens is 4. The van der Waals surface area contributed by atoms with Crippen LogP contribution in [-0.2, 0) is 38.7 Å². The van der Waals surface area contributed by atoms with Crippen LogP contribution in [0.2, 0.25) is 0 Å². The molecule has 7 nitrogen and oxygen atoms in total. The first-order valence-electron chi connectivity index (χ1n) is 9.67. The highest BCUT2D eigenvalue weighted by Crippen LogP contribution is 2.28. The second kappa shape index (κ2) is 11.2. The Morgan fingerprint density at radius 2 is 1.94 bits per heavy atom. The zero-order valence-electron chi connectivity index (χ0n) is 17.9. The summed E-state index contributed by atoms with van der Waals surface area (Å²) in [4.78, 5) is 15.8. The third-order valence-corrected chi connectivity index (χ3v) is 4.86. The third-order valence-electron chi connectivity index (χ3n) is 4.27. The van der Waals surface area contributed by atoms with Gasteiger partial charge in [-0.15, -0.1) is 0 Å². The molecule has 0 saturated carbocycles. The summed E-state index contributed by atoms with van der Waals surface area (Å²) in [7, 11) is -2.16. The average molecular weight is 489 g/mol. The Kier molecular flexibility index (Phi) is 8.94. The zero-order chi connectivity index (χ0) is 24.6. The van der Waals surface area contributed by atoms with Crippen LogP contribution in [0.25, 0.3) is 6.08 Å². The van der Waals surface area contributed by atoms with Gasteiger partial charge in [0.05, 0.1) is 11.9 Å². The fraction of sp³-hybridized carbons (Fsp3) is 0.333. The minimum atomic E-state index is -4.59. The van der Waals surface area contributed by atoms with Gasteiger partial charge >= 0.3 is 6.18 Å². The number of nitrogens with zero attached hydrogens (tertiary/aromatic N) is 1. The van der Waals surface area contributed by atoms with Crippen molar-refractivity contribution in [3.8, 4) is 0 Å². The Morgan fingerprint density at radius 1 is 1.21 bits per heavy atom. The predicted molar refractivity (Wildman–Crippen MR) is 115 cm³/mol. The topological polar surface area (TPSA) is 97.4 Å². The van der Waals surface area contributed by atoms with Crippen molar-refractivity contribution in [2.45, 2.75) is 25.6 Å². The minimum Gasteiger partial charge on any atom is -0.385 e. The molecule has 33 heavy (non-hydrogen) atoms. The van der Waals surface area contributed by atoms with E-state index in [1.807, 2.05) is 4.72 Å². The monoisotopic (exact) mass is 489 g/mol. The molecule has 1 amide bonds. The summed E-state index contributed by atoms with van der Waals surface area (Å²) in [6.45, 7) is 0.293. The van der Waals surface area contributed by atoms with Gasteiger partial charge in [-0.3, -0.25) is 9.52 Å². The summed E-state index contributed by atoms with van der Waals surface area (Å²) < 4.78 is 82.3. The molecule has 0 atom stereocenters. The van der Waals surface area contributed by atoms with Gasteiger partial charge in [-0.1, -0.05) is 12.1 Å². The first-order chi connectivity index (χ1) is 15.4. The molecular formula is C21H23F4N3O4S. The van der Waals surface area contributed by atoms with Crippen LogP contribution in [0.1, 0.15) is 28.9 Å². The predicted octanol–water partition coefficient (Wildman–Crippen LogP) is 3.52. The number of nitrogens with one attached hydrogen (secondary N) is 2. The van der Waals surface area contributed by atoms with Crippen LogP contribution >= 0.6 is 0 Å². The number of sulfonamides is 1. The van der Waals surface area contributed by atoms with Gasteiger partial charge in [0.1, 0.15) is 11.5 Å². The van der Waals surface area contributed by atoms with Crippen molar-refractivity contribution in [2.75, 3.05) is 24.7 Å². The molecular weight excluding hydrogens is 466 g/mol. The molecule has 0 bridgehead atoms. The summed E-state index contributed by atoms with van der Waals surface area (Å²) in [5.74, 6) is -1.37. The number of pyridine rings is 1. The summed E-state index contributed by atoms with van der Waals surface area (Å²) in [6.07, 6.45) is -0.524. The van der Waals surface area contributed by atoms with E-state index in [4.69, 9.17) is 4.74 Å². The Balaban J connectivity index is 2.06. The summed E-state index contributed by atoms with van der Waals surface area (Å²) in [5.41, 5.74) is -0.321. The molecule has 2 N–H and O–H groups in total. The molecule has 0 saturated heterocycles. The van der Waals surface area contributed by atoms with E-state index in [-0.39, 0.29) is 24.3 Å². The lowest BCUT2D eigenvalue weighted by atomic mass is 10.1. The Morgan fingerprint density at radius 3 is 2.55 bits per heavy atom. The average Bonchev–Trinajstić information content (AvgIpc) is 2.71. The van der Waals surface area contributed by atoms with Crippen LogP contribution in [0.3, 0.4) is 0 Å². The molecule has 0 unspecified atom stereocenters. The number of ether oxygens (including phenoxy) is 1. The molecule has 0 spiro atoms. The molecule has 0 aliphatic carbocycles. The maximum absolute atomic E-state index is 14.0. The van der Waals surface area contributed by atoms with Gasteiger partial charge in [0.2, 0.25) is 15.9 Å². The number of carbonyl (C=O) groups excluding carboxylic acids is 1. The second-order valence-electron chi connectivity index (χ2n) is 7.07. The number of carbonyl (C=O) groups is 1. The molecule has 180 valence electrons. The largest absolute Gasteiger partial charge is 0.433 e. The van der Waals surface area contributed by atoms with Gasteiger partial charge in [-0.25, -0.2) is 17.8 Å². The molecule has 1 heterocycles. The number of benzene rings is 1. The van der Waals surface area contributed by atoms with Crippen molar-refractivity contribution >= 4 is 27.7 Å². The number of alkyl halides is 3. The van der Waals surface area contributed by atoms with Gasteiger partial charge < -0.3 is 10.1 Å². The van der Waals surface area contributed by atoms with Gasteiger partial charge in [0.25, 0.3) is 0 Å². The summed E-state index contributed by atoms with van der Waals surface area (Å²) in [5, 5.41) is 2.52. The van der Waals surface area contributed by atoms with Crippen LogP contribution in [0.15, 0.2) is 36.4 Å². The van der Waals surface area contributed by atoms with Crippen LogP contribution < -0.4 is 10.0 Å². The Bertz CT molecular complexity index is 1120. The van der Waals surface area contributed by atoms with Crippen molar-refractivity contribution in [1.82, 2.24) is 10.3 Å². The quantitative estimate of drug-likeness (QED) is 0.302. The van der Waals surface area contributed by atoms with Crippen molar-refractivity contribution < 1.29 is 35.5 Å². The number of methoxy groups -OCH3 is 1. The molecule has 0 aliphatic heterocycles. The lowest BCUT2D eigenvalue weighted by Crippen LogP contribution is -2.20. The first kappa shape index (κ1) is 26.3. The van der Waals surface area contributed by atoms with Crippen molar-refractivity contribution in [3.63, 3.8) is 0 Å². The van der Waals surface area contributed by atoms with Gasteiger partial charge in [0.15, 0.2) is 0 Å². The summed E-state index contributed by atoms with van der Waals surface area (Å²) >= 11 is 0. The van der Waals surface area contributed by atoms with Crippen molar-refractivity contribution in [3.05, 3.63) is 64.7 Å². The molecule has 0 radical (unpaired) electrons. The Hall–Kier alpha value is -2.99. The molecule has 2 aromatic rings. The number of anilines is 1. The normalized spacial score (nSPS) is 12.2. The molecule has 2 rings (SSSR count). The maximum Gasteiger partial charge on any atom is 0.433 e. The SMILES string of the molecule is COCCCc1nc(C(F)(F)F)ccc1C=CC(=O)NCc1ccc(NS(C)(=O)=O)c(F)c1. The molecule has 1 aromatic heterocycles. The third kappa shape index (κ3) is 8.81.